The molecule has 2 heterocycles. The average Bonchev–Trinajstić information content (AvgIpc) is 2.76. The van der Waals surface area contributed by atoms with Crippen LogP contribution in [0.25, 0.3) is 5.82 Å². The van der Waals surface area contributed by atoms with Crippen LogP contribution in [0.3, 0.4) is 0 Å². The summed E-state index contributed by atoms with van der Waals surface area (Å²) in [6.45, 7) is 3.87. The molecule has 94 valence electrons. The number of hydrogen-bond acceptors (Lipinski definition) is 3. The topological polar surface area (TPSA) is 59.8 Å². The smallest absolute Gasteiger partial charge is 0.224 e. The van der Waals surface area contributed by atoms with Gasteiger partial charge in [0.25, 0.3) is 0 Å². The van der Waals surface area contributed by atoms with Crippen LogP contribution in [0.5, 0.6) is 0 Å². The Morgan fingerprint density at radius 3 is 2.89 bits per heavy atom. The van der Waals surface area contributed by atoms with E-state index in [4.69, 9.17) is 0 Å². The first-order valence-electron chi connectivity index (χ1n) is 5.97. The number of nitrogens with one attached hydrogen (secondary N) is 1. The van der Waals surface area contributed by atoms with E-state index in [0.717, 1.165) is 12.2 Å². The number of carbonyl (C=O) groups excluding carboxylic acids is 1. The predicted octanol–water partition coefficient (Wildman–Crippen LogP) is 2.31. The van der Waals surface area contributed by atoms with Crippen molar-refractivity contribution in [3.63, 3.8) is 0 Å². The van der Waals surface area contributed by atoms with Crippen molar-refractivity contribution in [1.82, 2.24) is 14.5 Å². The molecule has 1 N–H and O–H groups in total. The van der Waals surface area contributed by atoms with Gasteiger partial charge >= 0.3 is 0 Å². The highest BCUT2D eigenvalue weighted by atomic mass is 16.1. The number of carbonyl (C=O) groups is 1. The average molecular weight is 244 g/mol. The van der Waals surface area contributed by atoms with Gasteiger partial charge in [0, 0.05) is 25.0 Å². The van der Waals surface area contributed by atoms with Gasteiger partial charge < -0.3 is 5.32 Å². The van der Waals surface area contributed by atoms with Gasteiger partial charge in [-0.3, -0.25) is 9.36 Å². The summed E-state index contributed by atoms with van der Waals surface area (Å²) in [5.41, 5.74) is 0.706. The molecular weight excluding hydrogens is 228 g/mol. The number of anilines is 1. The van der Waals surface area contributed by atoms with Crippen LogP contribution in [0.2, 0.25) is 0 Å². The molecule has 18 heavy (non-hydrogen) atoms. The highest BCUT2D eigenvalue weighted by Crippen LogP contribution is 2.18. The van der Waals surface area contributed by atoms with E-state index >= 15 is 0 Å². The maximum Gasteiger partial charge on any atom is 0.224 e. The number of nitrogens with zero attached hydrogens (tertiary/aromatic N) is 3. The lowest BCUT2D eigenvalue weighted by Gasteiger charge is -2.11. The molecular formula is C13H16N4O. The monoisotopic (exact) mass is 244 g/mol. The van der Waals surface area contributed by atoms with E-state index in [9.17, 15) is 4.79 Å². The molecule has 0 saturated heterocycles. The van der Waals surface area contributed by atoms with Gasteiger partial charge in [-0.05, 0) is 25.5 Å². The van der Waals surface area contributed by atoms with Crippen molar-refractivity contribution < 1.29 is 4.79 Å². The van der Waals surface area contributed by atoms with Gasteiger partial charge in [-0.1, -0.05) is 6.92 Å². The Morgan fingerprint density at radius 2 is 2.22 bits per heavy atom. The van der Waals surface area contributed by atoms with Crippen LogP contribution in [0.4, 0.5) is 5.69 Å². The lowest BCUT2D eigenvalue weighted by Crippen LogP contribution is -2.13. The third-order valence-electron chi connectivity index (χ3n) is 2.59. The summed E-state index contributed by atoms with van der Waals surface area (Å²) in [5.74, 6) is 1.53. The fourth-order valence-electron chi connectivity index (χ4n) is 1.73. The fraction of sp³-hybridized carbons (Fsp3) is 0.308. The molecule has 0 unspecified atom stereocenters. The number of pyridine rings is 1. The molecule has 0 fully saturated rings. The number of imidazole rings is 1. The summed E-state index contributed by atoms with van der Waals surface area (Å²) in [4.78, 5) is 20.1. The summed E-state index contributed by atoms with van der Waals surface area (Å²) in [5, 5.41) is 2.88. The largest absolute Gasteiger partial charge is 0.323 e. The highest BCUT2D eigenvalue weighted by Gasteiger charge is 2.10. The number of rotatable bonds is 4. The van der Waals surface area contributed by atoms with Crippen LogP contribution in [0.1, 0.15) is 25.6 Å². The van der Waals surface area contributed by atoms with Gasteiger partial charge in [0.2, 0.25) is 5.91 Å². The summed E-state index contributed by atoms with van der Waals surface area (Å²) >= 11 is 0. The first kappa shape index (κ1) is 12.3. The van der Waals surface area contributed by atoms with E-state index < -0.39 is 0 Å². The molecule has 2 aromatic heterocycles. The first-order chi connectivity index (χ1) is 8.72. The summed E-state index contributed by atoms with van der Waals surface area (Å²) < 4.78 is 1.85. The van der Waals surface area contributed by atoms with Crippen molar-refractivity contribution in [1.29, 1.82) is 0 Å². The lowest BCUT2D eigenvalue weighted by molar-refractivity contribution is -0.116. The third-order valence-corrected chi connectivity index (χ3v) is 2.59. The molecule has 2 rings (SSSR count). The predicted molar refractivity (Wildman–Crippen MR) is 69.6 cm³/mol. The first-order valence-corrected chi connectivity index (χ1v) is 5.97. The maximum absolute atomic E-state index is 11.7. The third kappa shape index (κ3) is 2.56. The van der Waals surface area contributed by atoms with Crippen molar-refractivity contribution in [3.8, 4) is 5.82 Å². The minimum atomic E-state index is 0.00418. The Balaban J connectivity index is 2.32. The van der Waals surface area contributed by atoms with E-state index in [2.05, 4.69) is 15.3 Å². The Hall–Kier alpha value is -2.17. The molecule has 0 atom stereocenters. The van der Waals surface area contributed by atoms with Crippen molar-refractivity contribution in [2.75, 3.05) is 5.32 Å². The van der Waals surface area contributed by atoms with Crippen LogP contribution in [0.15, 0.2) is 30.7 Å². The minimum absolute atomic E-state index is 0.00418. The van der Waals surface area contributed by atoms with E-state index in [1.807, 2.05) is 30.7 Å². The fourth-order valence-corrected chi connectivity index (χ4v) is 1.73. The van der Waals surface area contributed by atoms with Gasteiger partial charge in [0.05, 0.1) is 5.69 Å². The maximum atomic E-state index is 11.7. The Morgan fingerprint density at radius 1 is 1.39 bits per heavy atom. The van der Waals surface area contributed by atoms with Crippen molar-refractivity contribution >= 4 is 11.6 Å². The lowest BCUT2D eigenvalue weighted by atomic mass is 10.3. The number of aromatic nitrogens is 3. The van der Waals surface area contributed by atoms with Crippen LogP contribution in [-0.2, 0) is 4.79 Å². The molecule has 0 radical (unpaired) electrons. The van der Waals surface area contributed by atoms with Gasteiger partial charge in [0.15, 0.2) is 5.82 Å². The van der Waals surface area contributed by atoms with Gasteiger partial charge in [-0.25, -0.2) is 9.97 Å². The zero-order valence-electron chi connectivity index (χ0n) is 10.6. The Bertz CT molecular complexity index is 547. The van der Waals surface area contributed by atoms with E-state index in [0.29, 0.717) is 17.9 Å². The van der Waals surface area contributed by atoms with Gasteiger partial charge in [-0.2, -0.15) is 0 Å². The van der Waals surface area contributed by atoms with E-state index in [-0.39, 0.29) is 5.91 Å². The van der Waals surface area contributed by atoms with Crippen LogP contribution >= 0.6 is 0 Å². The van der Waals surface area contributed by atoms with Crippen LogP contribution < -0.4 is 5.32 Å². The molecule has 0 aliphatic carbocycles. The van der Waals surface area contributed by atoms with Crippen LogP contribution in [0, 0.1) is 6.92 Å². The molecule has 0 aromatic carbocycles. The molecule has 5 heteroatoms. The molecule has 0 aliphatic rings. The number of aryl methyl sites for hydroxylation is 1. The minimum Gasteiger partial charge on any atom is -0.323 e. The molecule has 0 saturated carbocycles. The second-order valence-electron chi connectivity index (χ2n) is 4.02. The molecule has 5 nitrogen and oxygen atoms in total. The highest BCUT2D eigenvalue weighted by molar-refractivity contribution is 5.92. The summed E-state index contributed by atoms with van der Waals surface area (Å²) in [6.07, 6.45) is 6.57. The normalized spacial score (nSPS) is 10.3. The second-order valence-corrected chi connectivity index (χ2v) is 4.02. The summed E-state index contributed by atoms with van der Waals surface area (Å²) in [7, 11) is 0. The SMILES string of the molecule is CCCC(=O)Nc1cccnc1-n1ccnc1C. The molecule has 2 aromatic rings. The van der Waals surface area contributed by atoms with Crippen LogP contribution in [-0.4, -0.2) is 20.4 Å². The molecule has 0 bridgehead atoms. The Kier molecular flexibility index (Phi) is 3.72. The van der Waals surface area contributed by atoms with E-state index in [1.165, 1.54) is 0 Å². The molecule has 0 spiro atoms. The number of hydrogen-bond donors (Lipinski definition) is 1. The van der Waals surface area contributed by atoms with E-state index in [1.54, 1.807) is 18.5 Å². The van der Waals surface area contributed by atoms with Gasteiger partial charge in [-0.15, -0.1) is 0 Å². The van der Waals surface area contributed by atoms with Crippen molar-refractivity contribution in [3.05, 3.63) is 36.5 Å². The zero-order valence-corrected chi connectivity index (χ0v) is 10.6. The number of amides is 1. The standard InChI is InChI=1S/C13H16N4O/c1-3-5-12(18)16-11-6-4-7-15-13(11)17-9-8-14-10(17)2/h4,6-9H,3,5H2,1-2H3,(H,16,18). The Labute approximate surface area is 106 Å². The van der Waals surface area contributed by atoms with Crippen molar-refractivity contribution in [2.45, 2.75) is 26.7 Å². The molecule has 0 aliphatic heterocycles. The van der Waals surface area contributed by atoms with Gasteiger partial charge in [0.1, 0.15) is 5.82 Å². The summed E-state index contributed by atoms with van der Waals surface area (Å²) in [6, 6.07) is 3.65. The quantitative estimate of drug-likeness (QED) is 0.897. The zero-order chi connectivity index (χ0) is 13.0. The van der Waals surface area contributed by atoms with Crippen molar-refractivity contribution in [2.24, 2.45) is 0 Å². The molecule has 1 amide bonds. The second kappa shape index (κ2) is 5.44.